The van der Waals surface area contributed by atoms with E-state index in [0.717, 1.165) is 0 Å². The Morgan fingerprint density at radius 1 is 1.18 bits per heavy atom. The van der Waals surface area contributed by atoms with Crippen LogP contribution in [0.4, 0.5) is 20.2 Å². The molecule has 3 aromatic carbocycles. The summed E-state index contributed by atoms with van der Waals surface area (Å²) < 4.78 is 30.7. The number of halogens is 2. The summed E-state index contributed by atoms with van der Waals surface area (Å²) in [5.41, 5.74) is 0.443. The van der Waals surface area contributed by atoms with Crippen molar-refractivity contribution in [3.63, 3.8) is 0 Å². The fourth-order valence-electron chi connectivity index (χ4n) is 4.41. The average molecular weight is 450 g/mol. The molecule has 1 aromatic heterocycles. The van der Waals surface area contributed by atoms with E-state index in [1.807, 2.05) is 0 Å². The molecule has 0 radical (unpaired) electrons. The molecule has 33 heavy (non-hydrogen) atoms. The number of anilines is 1. The third kappa shape index (κ3) is 3.41. The molecule has 7 nitrogen and oxygen atoms in total. The van der Waals surface area contributed by atoms with Crippen LogP contribution in [0.25, 0.3) is 16.6 Å². The molecule has 9 heteroatoms. The molecular formula is C24H20F2N4O3. The number of para-hydroxylation sites is 1. The van der Waals surface area contributed by atoms with Crippen molar-refractivity contribution in [1.82, 2.24) is 9.78 Å². The smallest absolute Gasteiger partial charge is 0.292 e. The molecule has 1 aliphatic rings. The van der Waals surface area contributed by atoms with E-state index in [2.05, 4.69) is 5.10 Å². The SMILES string of the molecule is CC(O)(c1ccc2c(cnn2-c2ccc(F)cc2)c1)C(F)N1CCc2cccc([N+](=O)[O-])c21. The van der Waals surface area contributed by atoms with Crippen molar-refractivity contribution < 1.29 is 18.8 Å². The predicted molar refractivity (Wildman–Crippen MR) is 120 cm³/mol. The summed E-state index contributed by atoms with van der Waals surface area (Å²) in [5, 5.41) is 27.7. The van der Waals surface area contributed by atoms with Gasteiger partial charge < -0.3 is 10.0 Å². The Hall–Kier alpha value is -3.85. The van der Waals surface area contributed by atoms with Crippen LogP contribution in [-0.4, -0.2) is 32.7 Å². The summed E-state index contributed by atoms with van der Waals surface area (Å²) in [6, 6.07) is 15.5. The van der Waals surface area contributed by atoms with Gasteiger partial charge in [0.05, 0.1) is 22.3 Å². The zero-order valence-corrected chi connectivity index (χ0v) is 17.7. The van der Waals surface area contributed by atoms with E-state index in [1.54, 1.807) is 53.3 Å². The maximum atomic E-state index is 15.8. The first-order valence-corrected chi connectivity index (χ1v) is 10.4. The van der Waals surface area contributed by atoms with Gasteiger partial charge in [-0.25, -0.2) is 13.5 Å². The summed E-state index contributed by atoms with van der Waals surface area (Å²) in [4.78, 5) is 12.2. The van der Waals surface area contributed by atoms with Gasteiger partial charge in [0.15, 0.2) is 0 Å². The van der Waals surface area contributed by atoms with Crippen molar-refractivity contribution >= 4 is 22.3 Å². The fraction of sp³-hybridized carbons (Fsp3) is 0.208. The van der Waals surface area contributed by atoms with E-state index in [9.17, 15) is 19.6 Å². The average Bonchev–Trinajstić information content (AvgIpc) is 3.42. The third-order valence-corrected chi connectivity index (χ3v) is 6.17. The van der Waals surface area contributed by atoms with Crippen molar-refractivity contribution in [2.24, 2.45) is 0 Å². The Labute approximate surface area is 187 Å². The molecule has 2 heterocycles. The molecule has 0 saturated heterocycles. The molecular weight excluding hydrogens is 430 g/mol. The van der Waals surface area contributed by atoms with Gasteiger partial charge in [-0.05, 0) is 60.9 Å². The van der Waals surface area contributed by atoms with Crippen LogP contribution in [0.5, 0.6) is 0 Å². The normalized spacial score (nSPS) is 15.9. The Balaban J connectivity index is 1.50. The van der Waals surface area contributed by atoms with Crippen LogP contribution in [0.3, 0.4) is 0 Å². The molecule has 168 valence electrons. The van der Waals surface area contributed by atoms with E-state index < -0.39 is 16.8 Å². The number of aliphatic hydroxyl groups is 1. The van der Waals surface area contributed by atoms with Crippen molar-refractivity contribution in [2.45, 2.75) is 25.2 Å². The van der Waals surface area contributed by atoms with Crippen LogP contribution >= 0.6 is 0 Å². The first kappa shape index (κ1) is 21.0. The number of nitrogens with zero attached hydrogens (tertiary/aromatic N) is 4. The number of hydrogen-bond donors (Lipinski definition) is 1. The lowest BCUT2D eigenvalue weighted by Crippen LogP contribution is -2.46. The number of rotatable bonds is 5. The van der Waals surface area contributed by atoms with Gasteiger partial charge in [-0.1, -0.05) is 18.2 Å². The summed E-state index contributed by atoms with van der Waals surface area (Å²) in [7, 11) is 0. The molecule has 0 saturated carbocycles. The maximum absolute atomic E-state index is 15.8. The van der Waals surface area contributed by atoms with Crippen LogP contribution in [0.1, 0.15) is 18.1 Å². The molecule has 0 spiro atoms. The van der Waals surface area contributed by atoms with E-state index in [-0.39, 0.29) is 23.7 Å². The van der Waals surface area contributed by atoms with Gasteiger partial charge in [-0.15, -0.1) is 0 Å². The van der Waals surface area contributed by atoms with Crippen LogP contribution in [0, 0.1) is 15.9 Å². The number of aromatic nitrogens is 2. The Morgan fingerprint density at radius 2 is 1.94 bits per heavy atom. The lowest BCUT2D eigenvalue weighted by Gasteiger charge is -2.35. The predicted octanol–water partition coefficient (Wildman–Crippen LogP) is 4.64. The second-order valence-electron chi connectivity index (χ2n) is 8.28. The van der Waals surface area contributed by atoms with Crippen molar-refractivity contribution in [1.29, 1.82) is 0 Å². The van der Waals surface area contributed by atoms with Gasteiger partial charge in [0.2, 0.25) is 6.30 Å². The Kier molecular flexibility index (Phi) is 4.86. The summed E-state index contributed by atoms with van der Waals surface area (Å²) in [5.74, 6) is -0.355. The number of alkyl halides is 1. The molecule has 5 rings (SSSR count). The molecule has 4 aromatic rings. The van der Waals surface area contributed by atoms with Crippen LogP contribution in [0.2, 0.25) is 0 Å². The Bertz CT molecular complexity index is 1370. The highest BCUT2D eigenvalue weighted by Crippen LogP contribution is 2.42. The number of nitro benzene ring substituents is 1. The first-order chi connectivity index (χ1) is 15.8. The van der Waals surface area contributed by atoms with E-state index in [4.69, 9.17) is 0 Å². The van der Waals surface area contributed by atoms with Crippen molar-refractivity contribution in [3.8, 4) is 5.69 Å². The highest BCUT2D eigenvalue weighted by molar-refractivity contribution is 5.81. The summed E-state index contributed by atoms with van der Waals surface area (Å²) in [6.45, 7) is 1.58. The zero-order chi connectivity index (χ0) is 23.3. The Morgan fingerprint density at radius 3 is 2.67 bits per heavy atom. The zero-order valence-electron chi connectivity index (χ0n) is 17.7. The largest absolute Gasteiger partial charge is 0.380 e. The molecule has 0 fully saturated rings. The molecule has 2 unspecified atom stereocenters. The van der Waals surface area contributed by atoms with Crippen molar-refractivity contribution in [2.75, 3.05) is 11.4 Å². The third-order valence-electron chi connectivity index (χ3n) is 6.17. The molecule has 0 aliphatic carbocycles. The van der Waals surface area contributed by atoms with Gasteiger partial charge in [0.1, 0.15) is 17.1 Å². The highest BCUT2D eigenvalue weighted by atomic mass is 19.1. The fourth-order valence-corrected chi connectivity index (χ4v) is 4.41. The van der Waals surface area contributed by atoms with Gasteiger partial charge >= 0.3 is 0 Å². The number of fused-ring (bicyclic) bond motifs is 2. The van der Waals surface area contributed by atoms with E-state index in [1.165, 1.54) is 30.0 Å². The van der Waals surface area contributed by atoms with E-state index in [0.29, 0.717) is 34.1 Å². The minimum Gasteiger partial charge on any atom is -0.380 e. The maximum Gasteiger partial charge on any atom is 0.292 e. The molecule has 1 N–H and O–H groups in total. The minimum absolute atomic E-state index is 0.181. The molecule has 0 amide bonds. The lowest BCUT2D eigenvalue weighted by atomic mass is 9.93. The quantitative estimate of drug-likeness (QED) is 0.272. The number of hydrogen-bond acceptors (Lipinski definition) is 5. The van der Waals surface area contributed by atoms with Crippen LogP contribution in [0.15, 0.2) is 66.9 Å². The van der Waals surface area contributed by atoms with Crippen molar-refractivity contribution in [3.05, 3.63) is 93.9 Å². The van der Waals surface area contributed by atoms with Gasteiger partial charge in [0.25, 0.3) is 5.69 Å². The first-order valence-electron chi connectivity index (χ1n) is 10.4. The second kappa shape index (κ2) is 7.63. The topological polar surface area (TPSA) is 84.4 Å². The summed E-state index contributed by atoms with van der Waals surface area (Å²) >= 11 is 0. The van der Waals surface area contributed by atoms with Gasteiger partial charge in [-0.3, -0.25) is 10.1 Å². The number of nitro groups is 1. The molecule has 0 bridgehead atoms. The highest BCUT2D eigenvalue weighted by Gasteiger charge is 2.43. The second-order valence-corrected chi connectivity index (χ2v) is 8.28. The molecule has 1 aliphatic heterocycles. The molecule has 2 atom stereocenters. The van der Waals surface area contributed by atoms with E-state index >= 15 is 4.39 Å². The monoisotopic (exact) mass is 450 g/mol. The number of benzene rings is 3. The van der Waals surface area contributed by atoms with Gasteiger partial charge in [-0.2, -0.15) is 5.10 Å². The van der Waals surface area contributed by atoms with Gasteiger partial charge in [0, 0.05) is 18.0 Å². The lowest BCUT2D eigenvalue weighted by molar-refractivity contribution is -0.384. The summed E-state index contributed by atoms with van der Waals surface area (Å²) in [6.07, 6.45) is 0.128. The van der Waals surface area contributed by atoms with Crippen LogP contribution < -0.4 is 4.90 Å². The standard InChI is InChI=1S/C24H20F2N4O3/c1-24(31,23(26)28-12-11-15-3-2-4-21(22(15)28)30(32)33)17-5-10-20-16(13-17)14-27-29(20)19-8-6-18(25)7-9-19/h2-10,13-14,23,31H,11-12H2,1H3. The van der Waals surface area contributed by atoms with Crippen LogP contribution in [-0.2, 0) is 12.0 Å². The minimum atomic E-state index is -1.95.